The van der Waals surface area contributed by atoms with Gasteiger partial charge >= 0.3 is 11.9 Å². The van der Waals surface area contributed by atoms with Gasteiger partial charge in [-0.1, -0.05) is 6.92 Å². The van der Waals surface area contributed by atoms with Gasteiger partial charge in [0.05, 0.1) is 26.1 Å². The van der Waals surface area contributed by atoms with E-state index in [2.05, 4.69) is 0 Å². The number of carbonyl (C=O) groups is 2. The second kappa shape index (κ2) is 9.28. The number of ether oxygens (including phenoxy) is 2. The Hall–Kier alpha value is -0.770. The minimum atomic E-state index is -0.259. The molecular formula is C12H21ClO4. The van der Waals surface area contributed by atoms with Gasteiger partial charge in [-0.2, -0.15) is 0 Å². The Labute approximate surface area is 108 Å². The highest BCUT2D eigenvalue weighted by atomic mass is 35.5. The summed E-state index contributed by atoms with van der Waals surface area (Å²) in [6.45, 7) is 1.93. The molecule has 0 rings (SSSR count). The summed E-state index contributed by atoms with van der Waals surface area (Å²) in [6, 6.07) is 0. The highest BCUT2D eigenvalue weighted by Gasteiger charge is 2.23. The maximum atomic E-state index is 11.4. The number of methoxy groups -OCH3 is 2. The Bertz CT molecular complexity index is 243. The Kier molecular flexibility index (Phi) is 8.86. The quantitative estimate of drug-likeness (QED) is 0.499. The van der Waals surface area contributed by atoms with Crippen molar-refractivity contribution < 1.29 is 19.1 Å². The lowest BCUT2D eigenvalue weighted by Crippen LogP contribution is -2.21. The molecule has 0 saturated heterocycles. The highest BCUT2D eigenvalue weighted by molar-refractivity contribution is 6.17. The smallest absolute Gasteiger partial charge is 0.308 e. The first-order valence-corrected chi connectivity index (χ1v) is 6.35. The zero-order valence-electron chi connectivity index (χ0n) is 10.7. The van der Waals surface area contributed by atoms with Crippen LogP contribution in [0.25, 0.3) is 0 Å². The number of esters is 2. The minimum absolute atomic E-state index is 0.150. The van der Waals surface area contributed by atoms with Crippen molar-refractivity contribution in [1.29, 1.82) is 0 Å². The van der Waals surface area contributed by atoms with Gasteiger partial charge in [0.2, 0.25) is 0 Å². The Balaban J connectivity index is 4.26. The van der Waals surface area contributed by atoms with E-state index in [1.165, 1.54) is 14.2 Å². The number of rotatable bonds is 8. The molecule has 5 heteroatoms. The molecular weight excluding hydrogens is 244 g/mol. The van der Waals surface area contributed by atoms with E-state index < -0.39 is 0 Å². The van der Waals surface area contributed by atoms with E-state index in [-0.39, 0.29) is 23.8 Å². The number of carbonyl (C=O) groups excluding carboxylic acids is 2. The van der Waals surface area contributed by atoms with Crippen LogP contribution in [0.3, 0.4) is 0 Å². The van der Waals surface area contributed by atoms with Crippen molar-refractivity contribution in [2.75, 3.05) is 20.1 Å². The summed E-state index contributed by atoms with van der Waals surface area (Å²) in [7, 11) is 2.74. The van der Waals surface area contributed by atoms with E-state index in [1.807, 2.05) is 6.92 Å². The molecule has 0 aromatic heterocycles. The SMILES string of the molecule is CCC(CCC(CCCl)C(=O)OC)C(=O)OC. The molecule has 0 spiro atoms. The van der Waals surface area contributed by atoms with Crippen LogP contribution in [0.4, 0.5) is 0 Å². The molecule has 0 fully saturated rings. The monoisotopic (exact) mass is 264 g/mol. The molecule has 0 radical (unpaired) electrons. The summed E-state index contributed by atoms with van der Waals surface area (Å²) in [4.78, 5) is 22.8. The van der Waals surface area contributed by atoms with E-state index >= 15 is 0 Å². The van der Waals surface area contributed by atoms with Gasteiger partial charge in [0, 0.05) is 5.88 Å². The summed E-state index contributed by atoms with van der Waals surface area (Å²) in [5.74, 6) is -0.444. The molecule has 0 aliphatic rings. The second-order valence-electron chi connectivity index (χ2n) is 3.90. The van der Waals surface area contributed by atoms with Gasteiger partial charge in [0.25, 0.3) is 0 Å². The fraction of sp³-hybridized carbons (Fsp3) is 0.833. The third kappa shape index (κ3) is 5.91. The van der Waals surface area contributed by atoms with Crippen LogP contribution in [-0.4, -0.2) is 32.0 Å². The van der Waals surface area contributed by atoms with Crippen LogP contribution >= 0.6 is 11.6 Å². The van der Waals surface area contributed by atoms with Crippen molar-refractivity contribution >= 4 is 23.5 Å². The van der Waals surface area contributed by atoms with Crippen LogP contribution in [0, 0.1) is 11.8 Å². The molecule has 2 atom stereocenters. The third-order valence-corrected chi connectivity index (χ3v) is 3.10. The van der Waals surface area contributed by atoms with E-state index in [9.17, 15) is 9.59 Å². The molecule has 0 aromatic rings. The summed E-state index contributed by atoms with van der Waals surface area (Å²) in [5, 5.41) is 0. The van der Waals surface area contributed by atoms with Crippen LogP contribution in [0.2, 0.25) is 0 Å². The lowest BCUT2D eigenvalue weighted by molar-refractivity contribution is -0.148. The lowest BCUT2D eigenvalue weighted by atomic mass is 9.92. The van der Waals surface area contributed by atoms with Crippen molar-refractivity contribution in [3.8, 4) is 0 Å². The third-order valence-electron chi connectivity index (χ3n) is 2.88. The average molecular weight is 265 g/mol. The Morgan fingerprint density at radius 1 is 1.00 bits per heavy atom. The predicted molar refractivity (Wildman–Crippen MR) is 65.9 cm³/mol. The van der Waals surface area contributed by atoms with Crippen LogP contribution in [0.15, 0.2) is 0 Å². The van der Waals surface area contributed by atoms with Gasteiger partial charge in [0.15, 0.2) is 0 Å². The molecule has 0 aromatic carbocycles. The van der Waals surface area contributed by atoms with Gasteiger partial charge in [-0.05, 0) is 25.7 Å². The van der Waals surface area contributed by atoms with Gasteiger partial charge in [-0.15, -0.1) is 11.6 Å². The normalized spacial score (nSPS) is 13.9. The van der Waals surface area contributed by atoms with Crippen molar-refractivity contribution in [2.45, 2.75) is 32.6 Å². The van der Waals surface area contributed by atoms with E-state index in [0.29, 0.717) is 31.6 Å². The lowest BCUT2D eigenvalue weighted by Gasteiger charge is -2.16. The number of alkyl halides is 1. The summed E-state index contributed by atoms with van der Waals surface area (Å²) >= 11 is 5.64. The average Bonchev–Trinajstić information content (AvgIpc) is 2.36. The standard InChI is InChI=1S/C12H21ClO4/c1-4-9(11(14)16-2)5-6-10(7-8-13)12(15)17-3/h9-10H,4-8H2,1-3H3. The van der Waals surface area contributed by atoms with E-state index in [0.717, 1.165) is 0 Å². The predicted octanol–water partition coefficient (Wildman–Crippen LogP) is 2.38. The van der Waals surface area contributed by atoms with Crippen molar-refractivity contribution in [1.82, 2.24) is 0 Å². The summed E-state index contributed by atoms with van der Waals surface area (Å²) < 4.78 is 9.41. The Morgan fingerprint density at radius 3 is 1.88 bits per heavy atom. The van der Waals surface area contributed by atoms with Crippen LogP contribution < -0.4 is 0 Å². The molecule has 2 unspecified atom stereocenters. The van der Waals surface area contributed by atoms with E-state index in [1.54, 1.807) is 0 Å². The molecule has 0 heterocycles. The fourth-order valence-corrected chi connectivity index (χ4v) is 2.00. The van der Waals surface area contributed by atoms with Crippen LogP contribution in [0.1, 0.15) is 32.6 Å². The second-order valence-corrected chi connectivity index (χ2v) is 4.28. The maximum absolute atomic E-state index is 11.4. The molecule has 4 nitrogen and oxygen atoms in total. The van der Waals surface area contributed by atoms with Gasteiger partial charge in [-0.25, -0.2) is 0 Å². The molecule has 0 bridgehead atoms. The molecule has 0 N–H and O–H groups in total. The van der Waals surface area contributed by atoms with Gasteiger partial charge in [-0.3, -0.25) is 9.59 Å². The largest absolute Gasteiger partial charge is 0.469 e. The zero-order valence-corrected chi connectivity index (χ0v) is 11.5. The maximum Gasteiger partial charge on any atom is 0.308 e. The highest BCUT2D eigenvalue weighted by Crippen LogP contribution is 2.20. The summed E-state index contributed by atoms with van der Waals surface area (Å²) in [5.41, 5.74) is 0. The summed E-state index contributed by atoms with van der Waals surface area (Å²) in [6.07, 6.45) is 2.51. The molecule has 0 aliphatic heterocycles. The molecule has 100 valence electrons. The zero-order chi connectivity index (χ0) is 13.3. The van der Waals surface area contributed by atoms with Gasteiger partial charge in [0.1, 0.15) is 0 Å². The number of hydrogen-bond acceptors (Lipinski definition) is 4. The first-order valence-electron chi connectivity index (χ1n) is 5.82. The van der Waals surface area contributed by atoms with Crippen molar-refractivity contribution in [2.24, 2.45) is 11.8 Å². The topological polar surface area (TPSA) is 52.6 Å². The molecule has 0 saturated carbocycles. The number of hydrogen-bond donors (Lipinski definition) is 0. The molecule has 0 aliphatic carbocycles. The van der Waals surface area contributed by atoms with Crippen LogP contribution in [-0.2, 0) is 19.1 Å². The Morgan fingerprint density at radius 2 is 1.47 bits per heavy atom. The molecule has 17 heavy (non-hydrogen) atoms. The minimum Gasteiger partial charge on any atom is -0.469 e. The van der Waals surface area contributed by atoms with Crippen LogP contribution in [0.5, 0.6) is 0 Å². The van der Waals surface area contributed by atoms with Crippen molar-refractivity contribution in [3.63, 3.8) is 0 Å². The number of halogens is 1. The fourth-order valence-electron chi connectivity index (χ4n) is 1.74. The van der Waals surface area contributed by atoms with Crippen molar-refractivity contribution in [3.05, 3.63) is 0 Å². The van der Waals surface area contributed by atoms with E-state index in [4.69, 9.17) is 21.1 Å². The molecule has 0 amide bonds. The first-order chi connectivity index (χ1) is 8.10. The van der Waals surface area contributed by atoms with Gasteiger partial charge < -0.3 is 9.47 Å². The first kappa shape index (κ1) is 16.2.